The van der Waals surface area contributed by atoms with Crippen molar-refractivity contribution in [3.05, 3.63) is 42.0 Å². The standard InChI is InChI=1S/C21H30N4O.HI/c1-2-22-20(25-12-8-21(16-25)9-13-26-17-21)23-15-18-6-5-7-19(14-18)24-10-3-4-11-24;/h3-7,14H,2,8-13,15-17H2,1H3,(H,22,23);1H. The van der Waals surface area contributed by atoms with Gasteiger partial charge < -0.3 is 19.9 Å². The topological polar surface area (TPSA) is 40.1 Å². The summed E-state index contributed by atoms with van der Waals surface area (Å²) in [5, 5.41) is 3.49. The Bertz CT molecular complexity index is 677. The Kier molecular flexibility index (Phi) is 7.03. The van der Waals surface area contributed by atoms with Crippen LogP contribution in [0.4, 0.5) is 5.69 Å². The third-order valence-corrected chi connectivity index (χ3v) is 5.76. The highest BCUT2D eigenvalue weighted by molar-refractivity contribution is 14.0. The van der Waals surface area contributed by atoms with Gasteiger partial charge in [0.2, 0.25) is 0 Å². The summed E-state index contributed by atoms with van der Waals surface area (Å²) in [5.74, 6) is 1.05. The Morgan fingerprint density at radius 3 is 2.85 bits per heavy atom. The highest BCUT2D eigenvalue weighted by Crippen LogP contribution is 2.38. The minimum absolute atomic E-state index is 0. The molecule has 0 aliphatic carbocycles. The number of guanidine groups is 1. The third-order valence-electron chi connectivity index (χ3n) is 5.76. The van der Waals surface area contributed by atoms with Crippen molar-refractivity contribution in [3.8, 4) is 0 Å². The highest BCUT2D eigenvalue weighted by Gasteiger charge is 2.42. The van der Waals surface area contributed by atoms with E-state index >= 15 is 0 Å². The van der Waals surface area contributed by atoms with Crippen molar-refractivity contribution >= 4 is 35.6 Å². The first kappa shape index (κ1) is 20.5. The summed E-state index contributed by atoms with van der Waals surface area (Å²) in [6, 6.07) is 8.79. The van der Waals surface area contributed by atoms with Crippen LogP contribution in [0.15, 0.2) is 41.4 Å². The maximum Gasteiger partial charge on any atom is 0.194 e. The van der Waals surface area contributed by atoms with Crippen LogP contribution in [0.3, 0.4) is 0 Å². The second kappa shape index (κ2) is 9.28. The molecule has 1 N–H and O–H groups in total. The number of rotatable bonds is 4. The summed E-state index contributed by atoms with van der Waals surface area (Å²) in [7, 11) is 0. The van der Waals surface area contributed by atoms with E-state index in [-0.39, 0.29) is 24.0 Å². The summed E-state index contributed by atoms with van der Waals surface area (Å²) in [5.41, 5.74) is 2.91. The lowest BCUT2D eigenvalue weighted by molar-refractivity contribution is 0.156. The number of ether oxygens (including phenoxy) is 1. The maximum absolute atomic E-state index is 5.66. The summed E-state index contributed by atoms with van der Waals surface area (Å²) < 4.78 is 5.66. The summed E-state index contributed by atoms with van der Waals surface area (Å²) in [4.78, 5) is 9.75. The molecular formula is C21H31IN4O. The maximum atomic E-state index is 5.66. The smallest absolute Gasteiger partial charge is 0.194 e. The van der Waals surface area contributed by atoms with E-state index in [1.807, 2.05) is 0 Å². The molecule has 1 unspecified atom stereocenters. The quantitative estimate of drug-likeness (QED) is 0.310. The van der Waals surface area contributed by atoms with Crippen LogP contribution in [0.25, 0.3) is 0 Å². The van der Waals surface area contributed by atoms with Gasteiger partial charge in [-0.05, 0) is 37.5 Å². The average Bonchev–Trinajstić information content (AvgIpc) is 3.43. The van der Waals surface area contributed by atoms with Gasteiger partial charge in [-0.15, -0.1) is 24.0 Å². The zero-order valence-corrected chi connectivity index (χ0v) is 18.5. The first-order valence-electron chi connectivity index (χ1n) is 9.88. The number of nitrogens with one attached hydrogen (secondary N) is 1. The first-order chi connectivity index (χ1) is 12.8. The van der Waals surface area contributed by atoms with E-state index in [1.54, 1.807) is 0 Å². The fourth-order valence-electron chi connectivity index (χ4n) is 4.22. The summed E-state index contributed by atoms with van der Waals surface area (Å²) in [6.45, 7) is 9.75. The summed E-state index contributed by atoms with van der Waals surface area (Å²) >= 11 is 0. The zero-order chi connectivity index (χ0) is 17.8. The van der Waals surface area contributed by atoms with E-state index in [2.05, 4.69) is 58.5 Å². The van der Waals surface area contributed by atoms with Gasteiger partial charge in [0.05, 0.1) is 13.2 Å². The predicted molar refractivity (Wildman–Crippen MR) is 122 cm³/mol. The Morgan fingerprint density at radius 2 is 2.11 bits per heavy atom. The second-order valence-corrected chi connectivity index (χ2v) is 7.69. The van der Waals surface area contributed by atoms with Crippen LogP contribution in [-0.4, -0.2) is 56.8 Å². The van der Waals surface area contributed by atoms with Gasteiger partial charge >= 0.3 is 0 Å². The fraction of sp³-hybridized carbons (Fsp3) is 0.571. The van der Waals surface area contributed by atoms with Crippen molar-refractivity contribution in [3.63, 3.8) is 0 Å². The van der Waals surface area contributed by atoms with E-state index in [9.17, 15) is 0 Å². The highest BCUT2D eigenvalue weighted by atomic mass is 127. The molecule has 4 rings (SSSR count). The van der Waals surface area contributed by atoms with Crippen molar-refractivity contribution in [1.82, 2.24) is 10.2 Å². The molecule has 1 spiro atoms. The van der Waals surface area contributed by atoms with Crippen LogP contribution < -0.4 is 10.2 Å². The van der Waals surface area contributed by atoms with Gasteiger partial charge in [-0.25, -0.2) is 4.99 Å². The second-order valence-electron chi connectivity index (χ2n) is 7.69. The van der Waals surface area contributed by atoms with E-state index in [0.717, 1.165) is 58.4 Å². The fourth-order valence-corrected chi connectivity index (χ4v) is 4.22. The Hall–Kier alpha value is -1.28. The van der Waals surface area contributed by atoms with Crippen molar-refractivity contribution < 1.29 is 4.74 Å². The van der Waals surface area contributed by atoms with Crippen LogP contribution >= 0.6 is 24.0 Å². The van der Waals surface area contributed by atoms with E-state index in [4.69, 9.17) is 9.73 Å². The lowest BCUT2D eigenvalue weighted by atomic mass is 9.87. The normalized spacial score (nSPS) is 24.7. The number of hydrogen-bond donors (Lipinski definition) is 1. The Balaban J connectivity index is 0.00000210. The molecular weight excluding hydrogens is 451 g/mol. The largest absolute Gasteiger partial charge is 0.381 e. The monoisotopic (exact) mass is 482 g/mol. The molecule has 3 aliphatic heterocycles. The number of benzene rings is 1. The van der Waals surface area contributed by atoms with Crippen molar-refractivity contribution in [2.75, 3.05) is 50.8 Å². The predicted octanol–water partition coefficient (Wildman–Crippen LogP) is 3.26. The molecule has 2 saturated heterocycles. The third kappa shape index (κ3) is 4.77. The number of hydrogen-bond acceptors (Lipinski definition) is 3. The zero-order valence-electron chi connectivity index (χ0n) is 16.2. The lowest BCUT2D eigenvalue weighted by Gasteiger charge is -2.25. The van der Waals surface area contributed by atoms with Gasteiger partial charge in [0, 0.05) is 50.4 Å². The summed E-state index contributed by atoms with van der Waals surface area (Å²) in [6.07, 6.45) is 6.86. The molecule has 1 aromatic carbocycles. The van der Waals surface area contributed by atoms with Crippen molar-refractivity contribution in [2.24, 2.45) is 10.4 Å². The number of halogens is 1. The number of aliphatic imine (C=N–C) groups is 1. The van der Waals surface area contributed by atoms with Gasteiger partial charge in [-0.2, -0.15) is 0 Å². The molecule has 3 heterocycles. The van der Waals surface area contributed by atoms with Gasteiger partial charge in [0.1, 0.15) is 0 Å². The van der Waals surface area contributed by atoms with Crippen LogP contribution in [-0.2, 0) is 11.3 Å². The van der Waals surface area contributed by atoms with Crippen molar-refractivity contribution in [2.45, 2.75) is 26.3 Å². The Labute approximate surface area is 179 Å². The molecule has 1 atom stereocenters. The SMILES string of the molecule is CCNC(=NCc1cccc(N2CC=CC2)c1)N1CCC2(CCOC2)C1.I. The van der Waals surface area contributed by atoms with Crippen LogP contribution in [0.2, 0.25) is 0 Å². The molecule has 6 heteroatoms. The minimum atomic E-state index is 0. The lowest BCUT2D eigenvalue weighted by Crippen LogP contribution is -2.41. The van der Waals surface area contributed by atoms with E-state index < -0.39 is 0 Å². The molecule has 27 heavy (non-hydrogen) atoms. The molecule has 0 bridgehead atoms. The minimum Gasteiger partial charge on any atom is -0.381 e. The molecule has 3 aliphatic rings. The van der Waals surface area contributed by atoms with Crippen LogP contribution in [0, 0.1) is 5.41 Å². The van der Waals surface area contributed by atoms with Crippen molar-refractivity contribution in [1.29, 1.82) is 0 Å². The molecule has 0 aromatic heterocycles. The molecule has 0 radical (unpaired) electrons. The number of nitrogens with zero attached hydrogens (tertiary/aromatic N) is 3. The molecule has 0 saturated carbocycles. The first-order valence-corrected chi connectivity index (χ1v) is 9.88. The molecule has 5 nitrogen and oxygen atoms in total. The molecule has 0 amide bonds. The number of anilines is 1. The average molecular weight is 482 g/mol. The van der Waals surface area contributed by atoms with E-state index in [1.165, 1.54) is 24.1 Å². The van der Waals surface area contributed by atoms with Gasteiger partial charge in [0.25, 0.3) is 0 Å². The van der Waals surface area contributed by atoms with Crippen LogP contribution in [0.1, 0.15) is 25.3 Å². The van der Waals surface area contributed by atoms with Gasteiger partial charge in [0.15, 0.2) is 5.96 Å². The van der Waals surface area contributed by atoms with E-state index in [0.29, 0.717) is 5.41 Å². The Morgan fingerprint density at radius 1 is 1.26 bits per heavy atom. The molecule has 1 aromatic rings. The van der Waals surface area contributed by atoms with Crippen LogP contribution in [0.5, 0.6) is 0 Å². The number of likely N-dealkylation sites (tertiary alicyclic amines) is 1. The van der Waals surface area contributed by atoms with Gasteiger partial charge in [-0.3, -0.25) is 0 Å². The van der Waals surface area contributed by atoms with Gasteiger partial charge in [-0.1, -0.05) is 24.3 Å². The molecule has 148 valence electrons. The molecule has 2 fully saturated rings.